The van der Waals surface area contributed by atoms with E-state index in [1.165, 1.54) is 36.8 Å². The molecule has 17 heavy (non-hydrogen) atoms. The summed E-state index contributed by atoms with van der Waals surface area (Å²) in [5.41, 5.74) is 5.94. The van der Waals surface area contributed by atoms with E-state index in [1.54, 1.807) is 11.1 Å². The van der Waals surface area contributed by atoms with Gasteiger partial charge >= 0.3 is 0 Å². The Morgan fingerprint density at radius 2 is 1.94 bits per heavy atom. The van der Waals surface area contributed by atoms with Crippen LogP contribution in [0, 0.1) is 5.92 Å². The van der Waals surface area contributed by atoms with Gasteiger partial charge in [-0.25, -0.2) is 0 Å². The molecule has 0 unspecified atom stereocenters. The van der Waals surface area contributed by atoms with Gasteiger partial charge in [-0.15, -0.1) is 0 Å². The molecule has 2 bridgehead atoms. The van der Waals surface area contributed by atoms with Gasteiger partial charge in [-0.3, -0.25) is 0 Å². The Hall–Kier alpha value is -1.56. The Balaban J connectivity index is 1.55. The van der Waals surface area contributed by atoms with E-state index in [4.69, 9.17) is 0 Å². The van der Waals surface area contributed by atoms with Crippen molar-refractivity contribution in [3.05, 3.63) is 71.4 Å². The zero-order valence-electron chi connectivity index (χ0n) is 10.2. The number of allylic oxidation sites excluding steroid dienone is 11. The summed E-state index contributed by atoms with van der Waals surface area (Å²) in [4.78, 5) is 0. The molecule has 3 aliphatic rings. The van der Waals surface area contributed by atoms with Crippen LogP contribution in [0.3, 0.4) is 0 Å². The fraction of sp³-hybridized carbons (Fsp3) is 0.294. The van der Waals surface area contributed by atoms with Crippen LogP contribution in [0.15, 0.2) is 71.4 Å². The normalized spacial score (nSPS) is 25.6. The maximum absolute atomic E-state index is 3.74. The first-order valence-electron chi connectivity index (χ1n) is 6.50. The maximum atomic E-state index is 3.74. The molecule has 0 radical (unpaired) electrons. The van der Waals surface area contributed by atoms with Crippen LogP contribution in [0.4, 0.5) is 0 Å². The molecule has 86 valence electrons. The summed E-state index contributed by atoms with van der Waals surface area (Å²) in [6, 6.07) is 0. The van der Waals surface area contributed by atoms with E-state index in [0.29, 0.717) is 0 Å². The standard InChI is InChI=1S/C17H18/c1-2-13-12-16(13)6-4-3-5-7-17-14-8-9-15(17)11-10-14/h2-7,12,14H,1,8-11H2/b4-3-,7-5-,16-6-. The number of rotatable bonds is 4. The predicted octanol–water partition coefficient (Wildman–Crippen LogP) is 4.65. The Morgan fingerprint density at radius 1 is 1.12 bits per heavy atom. The fourth-order valence-corrected chi connectivity index (χ4v) is 2.94. The van der Waals surface area contributed by atoms with E-state index in [2.05, 4.69) is 43.0 Å². The molecule has 0 heteroatoms. The van der Waals surface area contributed by atoms with Crippen molar-refractivity contribution in [2.24, 2.45) is 5.92 Å². The SMILES string of the molecule is C=CC1=CC/1=C/C=C\C=C/C1=C2CCC1CC2. The summed E-state index contributed by atoms with van der Waals surface area (Å²) in [6.07, 6.45) is 20.4. The van der Waals surface area contributed by atoms with Crippen LogP contribution < -0.4 is 0 Å². The molecule has 0 atom stereocenters. The van der Waals surface area contributed by atoms with E-state index >= 15 is 0 Å². The van der Waals surface area contributed by atoms with Crippen molar-refractivity contribution in [2.45, 2.75) is 25.7 Å². The molecule has 0 fully saturated rings. The summed E-state index contributed by atoms with van der Waals surface area (Å²) in [6.45, 7) is 3.74. The Labute approximate surface area is 103 Å². The molecule has 0 aromatic carbocycles. The minimum Gasteiger partial charge on any atom is -0.0984 e. The summed E-state index contributed by atoms with van der Waals surface area (Å²) < 4.78 is 0. The lowest BCUT2D eigenvalue weighted by atomic mass is 9.97. The first kappa shape index (κ1) is 10.6. The molecule has 0 N–H and O–H groups in total. The van der Waals surface area contributed by atoms with Crippen molar-refractivity contribution < 1.29 is 0 Å². The minimum atomic E-state index is 0.880. The predicted molar refractivity (Wildman–Crippen MR) is 73.6 cm³/mol. The molecule has 0 amide bonds. The van der Waals surface area contributed by atoms with Gasteiger partial charge in [0.05, 0.1) is 0 Å². The number of hydrogen-bond donors (Lipinski definition) is 0. The highest BCUT2D eigenvalue weighted by atomic mass is 14.3. The summed E-state index contributed by atoms with van der Waals surface area (Å²) in [5, 5.41) is 0. The van der Waals surface area contributed by atoms with Crippen LogP contribution in [-0.2, 0) is 0 Å². The second kappa shape index (κ2) is 4.37. The van der Waals surface area contributed by atoms with Crippen molar-refractivity contribution in [2.75, 3.05) is 0 Å². The van der Waals surface area contributed by atoms with E-state index in [1.807, 2.05) is 6.08 Å². The van der Waals surface area contributed by atoms with Crippen molar-refractivity contribution in [3.63, 3.8) is 0 Å². The second-order valence-corrected chi connectivity index (χ2v) is 5.00. The van der Waals surface area contributed by atoms with Gasteiger partial charge in [0, 0.05) is 0 Å². The highest BCUT2D eigenvalue weighted by Gasteiger charge is 2.29. The van der Waals surface area contributed by atoms with Gasteiger partial charge in [-0.1, -0.05) is 48.6 Å². The molecule has 0 nitrogen and oxygen atoms in total. The molecule has 3 aliphatic carbocycles. The van der Waals surface area contributed by atoms with E-state index in [0.717, 1.165) is 5.92 Å². The average molecular weight is 222 g/mol. The molecule has 0 heterocycles. The molecule has 0 saturated heterocycles. The third-order valence-electron chi connectivity index (χ3n) is 3.99. The average Bonchev–Trinajstić information content (AvgIpc) is 2.90. The van der Waals surface area contributed by atoms with Crippen LogP contribution in [0.25, 0.3) is 0 Å². The number of fused-ring (bicyclic) bond motifs is 1. The molecule has 3 rings (SSSR count). The molecule has 0 spiro atoms. The fourth-order valence-electron chi connectivity index (χ4n) is 2.94. The zero-order chi connectivity index (χ0) is 11.7. The lowest BCUT2D eigenvalue weighted by molar-refractivity contribution is 0.542. The van der Waals surface area contributed by atoms with E-state index < -0.39 is 0 Å². The highest BCUT2D eigenvalue weighted by Crippen LogP contribution is 2.45. The maximum Gasteiger partial charge on any atom is -0.0156 e. The van der Waals surface area contributed by atoms with Gasteiger partial charge < -0.3 is 0 Å². The highest BCUT2D eigenvalue weighted by molar-refractivity contribution is 5.63. The van der Waals surface area contributed by atoms with Gasteiger partial charge in [0.2, 0.25) is 0 Å². The van der Waals surface area contributed by atoms with Crippen molar-refractivity contribution in [1.29, 1.82) is 0 Å². The molecule has 0 aromatic heterocycles. The lowest BCUT2D eigenvalue weighted by Gasteiger charge is -2.07. The van der Waals surface area contributed by atoms with Gasteiger partial charge in [-0.2, -0.15) is 0 Å². The second-order valence-electron chi connectivity index (χ2n) is 5.00. The number of hydrogen-bond acceptors (Lipinski definition) is 0. The van der Waals surface area contributed by atoms with Crippen LogP contribution in [0.5, 0.6) is 0 Å². The van der Waals surface area contributed by atoms with Crippen molar-refractivity contribution >= 4 is 0 Å². The van der Waals surface area contributed by atoms with Crippen LogP contribution in [-0.4, -0.2) is 0 Å². The Bertz CT molecular complexity index is 482. The minimum absolute atomic E-state index is 0.880. The van der Waals surface area contributed by atoms with Gasteiger partial charge in [0.15, 0.2) is 0 Å². The van der Waals surface area contributed by atoms with Crippen molar-refractivity contribution in [3.8, 4) is 0 Å². The smallest absolute Gasteiger partial charge is 0.0156 e. The third-order valence-corrected chi connectivity index (χ3v) is 3.99. The Morgan fingerprint density at radius 3 is 2.53 bits per heavy atom. The molecule has 0 saturated carbocycles. The van der Waals surface area contributed by atoms with Crippen LogP contribution in [0.2, 0.25) is 0 Å². The Kier molecular flexibility index (Phi) is 2.72. The molecule has 0 aromatic rings. The van der Waals surface area contributed by atoms with Crippen molar-refractivity contribution in [1.82, 2.24) is 0 Å². The van der Waals surface area contributed by atoms with Gasteiger partial charge in [0.1, 0.15) is 0 Å². The third kappa shape index (κ3) is 2.12. The largest absolute Gasteiger partial charge is 0.0984 e. The molecular weight excluding hydrogens is 204 g/mol. The monoisotopic (exact) mass is 222 g/mol. The first-order valence-corrected chi connectivity index (χ1v) is 6.50. The summed E-state index contributed by atoms with van der Waals surface area (Å²) >= 11 is 0. The molecular formula is C17H18. The quantitative estimate of drug-likeness (QED) is 0.607. The lowest BCUT2D eigenvalue weighted by Crippen LogP contribution is -1.94. The first-order chi connectivity index (χ1) is 8.38. The molecule has 0 aliphatic heterocycles. The summed E-state index contributed by atoms with van der Waals surface area (Å²) in [5.74, 6) is 0.880. The van der Waals surface area contributed by atoms with E-state index in [9.17, 15) is 0 Å². The summed E-state index contributed by atoms with van der Waals surface area (Å²) in [7, 11) is 0. The van der Waals surface area contributed by atoms with Crippen LogP contribution in [0.1, 0.15) is 25.7 Å². The topological polar surface area (TPSA) is 0 Å². The van der Waals surface area contributed by atoms with Gasteiger partial charge in [-0.05, 0) is 54.4 Å². The zero-order valence-corrected chi connectivity index (χ0v) is 10.2. The van der Waals surface area contributed by atoms with Gasteiger partial charge in [0.25, 0.3) is 0 Å². The van der Waals surface area contributed by atoms with Crippen LogP contribution >= 0.6 is 0 Å². The van der Waals surface area contributed by atoms with E-state index in [-0.39, 0.29) is 0 Å².